The number of amides is 1. The number of benzene rings is 2. The summed E-state index contributed by atoms with van der Waals surface area (Å²) < 4.78 is 91.5. The molecular weight excluding hydrogens is 457 g/mol. The first-order valence-corrected chi connectivity index (χ1v) is 9.84. The molecule has 0 aliphatic rings. The Morgan fingerprint density at radius 3 is 1.91 bits per heavy atom. The van der Waals surface area contributed by atoms with Gasteiger partial charge in [-0.25, -0.2) is 4.39 Å². The summed E-state index contributed by atoms with van der Waals surface area (Å²) in [5.41, 5.74) is -4.11. The number of likely N-dealkylation sites (N-methyl/N-ethyl adjacent to an activating group) is 1. The zero-order chi connectivity index (χ0) is 25.0. The number of aliphatic hydroxyl groups is 1. The molecule has 0 aliphatic heterocycles. The lowest BCUT2D eigenvalue weighted by atomic mass is 9.89. The number of alkyl halides is 6. The van der Waals surface area contributed by atoms with E-state index in [2.05, 4.69) is 5.32 Å². The Kier molecular flexibility index (Phi) is 8.13. The number of halogens is 7. The lowest BCUT2D eigenvalue weighted by molar-refractivity contribution is -0.143. The summed E-state index contributed by atoms with van der Waals surface area (Å²) >= 11 is 0. The van der Waals surface area contributed by atoms with E-state index in [-0.39, 0.29) is 37.7 Å². The summed E-state index contributed by atoms with van der Waals surface area (Å²) in [6, 6.07) is 6.31. The smallest absolute Gasteiger partial charge is 0.395 e. The molecule has 11 heteroatoms. The largest absolute Gasteiger partial charge is 0.416 e. The van der Waals surface area contributed by atoms with Gasteiger partial charge in [-0.05, 0) is 61.9 Å². The third-order valence-electron chi connectivity index (χ3n) is 5.39. The molecule has 1 atom stereocenters. The topological polar surface area (TPSA) is 52.6 Å². The molecular formula is C22H23F7N2O2. The number of nitrogens with zero attached hydrogens (tertiary/aromatic N) is 1. The fourth-order valence-electron chi connectivity index (χ4n) is 3.33. The molecule has 0 bridgehead atoms. The van der Waals surface area contributed by atoms with Crippen LogP contribution in [0.1, 0.15) is 29.2 Å². The van der Waals surface area contributed by atoms with Gasteiger partial charge in [-0.3, -0.25) is 9.69 Å². The molecule has 4 nitrogen and oxygen atoms in total. The average Bonchev–Trinajstić information content (AvgIpc) is 2.72. The molecule has 33 heavy (non-hydrogen) atoms. The maximum absolute atomic E-state index is 13.3. The van der Waals surface area contributed by atoms with Gasteiger partial charge in [0.1, 0.15) is 11.4 Å². The van der Waals surface area contributed by atoms with Gasteiger partial charge < -0.3 is 10.4 Å². The Bertz CT molecular complexity index is 926. The van der Waals surface area contributed by atoms with Crippen LogP contribution in [0, 0.1) is 5.82 Å². The molecule has 1 amide bonds. The van der Waals surface area contributed by atoms with Crippen LogP contribution in [0.3, 0.4) is 0 Å². The molecule has 0 fully saturated rings. The van der Waals surface area contributed by atoms with Gasteiger partial charge in [0.15, 0.2) is 0 Å². The van der Waals surface area contributed by atoms with E-state index < -0.39 is 40.7 Å². The number of aliphatic hydroxyl groups excluding tert-OH is 1. The monoisotopic (exact) mass is 480 g/mol. The Labute approximate surface area is 186 Å². The highest BCUT2D eigenvalue weighted by Crippen LogP contribution is 2.36. The van der Waals surface area contributed by atoms with Gasteiger partial charge in [0.25, 0.3) is 0 Å². The maximum Gasteiger partial charge on any atom is 0.416 e. The molecule has 0 saturated carbocycles. The number of carbonyl (C=O) groups excluding carboxylic acids is 1. The minimum atomic E-state index is -4.96. The second kappa shape index (κ2) is 10.1. The summed E-state index contributed by atoms with van der Waals surface area (Å²) in [5.74, 6) is -1.15. The van der Waals surface area contributed by atoms with Crippen LogP contribution in [0.2, 0.25) is 0 Å². The van der Waals surface area contributed by atoms with Gasteiger partial charge in [-0.2, -0.15) is 26.3 Å². The van der Waals surface area contributed by atoms with Crippen molar-refractivity contribution >= 4 is 5.91 Å². The zero-order valence-corrected chi connectivity index (χ0v) is 17.8. The normalized spacial score (nSPS) is 14.3. The highest BCUT2D eigenvalue weighted by atomic mass is 19.4. The summed E-state index contributed by atoms with van der Waals surface area (Å²) in [6.45, 7) is 1.05. The molecule has 1 unspecified atom stereocenters. The van der Waals surface area contributed by atoms with E-state index >= 15 is 0 Å². The number of rotatable bonds is 8. The number of nitrogens with one attached hydrogen (secondary N) is 1. The number of hydrogen-bond donors (Lipinski definition) is 2. The minimum Gasteiger partial charge on any atom is -0.395 e. The van der Waals surface area contributed by atoms with Crippen LogP contribution in [-0.4, -0.2) is 42.7 Å². The van der Waals surface area contributed by atoms with E-state index in [1.54, 1.807) is 7.05 Å². The van der Waals surface area contributed by atoms with Crippen LogP contribution in [0.15, 0.2) is 42.5 Å². The summed E-state index contributed by atoms with van der Waals surface area (Å²) in [7, 11) is 1.54. The Balaban J connectivity index is 2.25. The fraction of sp³-hybridized carbons (Fsp3) is 0.409. The van der Waals surface area contributed by atoms with Crippen molar-refractivity contribution in [3.05, 3.63) is 70.5 Å². The summed E-state index contributed by atoms with van der Waals surface area (Å²) in [4.78, 5) is 14.5. The molecule has 182 valence electrons. The number of hydrogen-bond acceptors (Lipinski definition) is 3. The Morgan fingerprint density at radius 1 is 0.939 bits per heavy atom. The van der Waals surface area contributed by atoms with Crippen molar-refractivity contribution in [2.75, 3.05) is 26.7 Å². The van der Waals surface area contributed by atoms with Gasteiger partial charge in [0.05, 0.1) is 17.7 Å². The van der Waals surface area contributed by atoms with Crippen LogP contribution in [0.5, 0.6) is 0 Å². The van der Waals surface area contributed by atoms with Crippen LogP contribution in [0.25, 0.3) is 0 Å². The first kappa shape index (κ1) is 26.6. The predicted octanol–water partition coefficient (Wildman–Crippen LogP) is 4.36. The van der Waals surface area contributed by atoms with Crippen LogP contribution >= 0.6 is 0 Å². The van der Waals surface area contributed by atoms with Crippen molar-refractivity contribution in [3.63, 3.8) is 0 Å². The van der Waals surface area contributed by atoms with E-state index in [9.17, 15) is 40.6 Å². The average molecular weight is 480 g/mol. The predicted molar refractivity (Wildman–Crippen MR) is 107 cm³/mol. The van der Waals surface area contributed by atoms with Gasteiger partial charge in [0, 0.05) is 13.1 Å². The van der Waals surface area contributed by atoms with Gasteiger partial charge in [-0.1, -0.05) is 12.1 Å². The molecule has 0 heterocycles. The summed E-state index contributed by atoms with van der Waals surface area (Å²) in [6.07, 6.45) is -10.2. The molecule has 0 saturated heterocycles. The van der Waals surface area contributed by atoms with Crippen molar-refractivity contribution in [2.45, 2.75) is 31.2 Å². The third kappa shape index (κ3) is 6.44. The van der Waals surface area contributed by atoms with Crippen molar-refractivity contribution in [3.8, 4) is 0 Å². The molecule has 0 aromatic heterocycles. The number of carbonyl (C=O) groups is 1. The molecule has 2 aromatic carbocycles. The van der Waals surface area contributed by atoms with Crippen LogP contribution in [-0.2, 0) is 29.1 Å². The minimum absolute atomic E-state index is 0.0392. The van der Waals surface area contributed by atoms with Gasteiger partial charge >= 0.3 is 12.4 Å². The highest BCUT2D eigenvalue weighted by Gasteiger charge is 2.39. The SMILES string of the molecule is CN(CCO)C(C)(C(=O)NCCc1cc(C(F)(F)F)cc(C(F)(F)F)c1)c1ccc(F)cc1. The van der Waals surface area contributed by atoms with Gasteiger partial charge in [0.2, 0.25) is 5.91 Å². The van der Waals surface area contributed by atoms with E-state index in [0.29, 0.717) is 17.7 Å². The van der Waals surface area contributed by atoms with E-state index in [1.165, 1.54) is 24.0 Å². The lowest BCUT2D eigenvalue weighted by Gasteiger charge is -2.37. The Morgan fingerprint density at radius 2 is 1.45 bits per heavy atom. The quantitative estimate of drug-likeness (QED) is 0.553. The first-order chi connectivity index (χ1) is 15.2. The molecule has 2 N–H and O–H groups in total. The zero-order valence-electron chi connectivity index (χ0n) is 17.8. The van der Waals surface area contributed by atoms with Crippen molar-refractivity contribution in [2.24, 2.45) is 0 Å². The molecule has 0 aliphatic carbocycles. The molecule has 0 spiro atoms. The maximum atomic E-state index is 13.3. The molecule has 2 rings (SSSR count). The third-order valence-corrected chi connectivity index (χ3v) is 5.39. The summed E-state index contributed by atoms with van der Waals surface area (Å²) in [5, 5.41) is 11.8. The van der Waals surface area contributed by atoms with Crippen LogP contribution < -0.4 is 5.32 Å². The Hall–Kier alpha value is -2.66. The second-order valence-electron chi connectivity index (χ2n) is 7.64. The van der Waals surface area contributed by atoms with E-state index in [1.807, 2.05) is 0 Å². The van der Waals surface area contributed by atoms with Crippen molar-refractivity contribution in [1.82, 2.24) is 10.2 Å². The highest BCUT2D eigenvalue weighted by molar-refractivity contribution is 5.87. The standard InChI is InChI=1S/C22H23F7N2O2/c1-20(31(2)9-10-32,15-3-5-18(23)6-4-15)19(33)30-8-7-14-11-16(21(24,25)26)13-17(12-14)22(27,28)29/h3-6,11-13,32H,7-10H2,1-2H3,(H,30,33). The lowest BCUT2D eigenvalue weighted by Crippen LogP contribution is -2.54. The van der Waals surface area contributed by atoms with Crippen molar-refractivity contribution < 1.29 is 40.6 Å². The second-order valence-corrected chi connectivity index (χ2v) is 7.64. The van der Waals surface area contributed by atoms with Gasteiger partial charge in [-0.15, -0.1) is 0 Å². The fourth-order valence-corrected chi connectivity index (χ4v) is 3.33. The van der Waals surface area contributed by atoms with E-state index in [0.717, 1.165) is 12.1 Å². The molecule has 2 aromatic rings. The van der Waals surface area contributed by atoms with E-state index in [4.69, 9.17) is 0 Å². The first-order valence-electron chi connectivity index (χ1n) is 9.84. The molecule has 0 radical (unpaired) electrons. The van der Waals surface area contributed by atoms with Crippen molar-refractivity contribution in [1.29, 1.82) is 0 Å². The van der Waals surface area contributed by atoms with Crippen LogP contribution in [0.4, 0.5) is 30.7 Å².